The van der Waals surface area contributed by atoms with Gasteiger partial charge in [-0.25, -0.2) is 4.39 Å². The highest BCUT2D eigenvalue weighted by atomic mass is 32.2. The lowest BCUT2D eigenvalue weighted by molar-refractivity contribution is -0.237. The Labute approximate surface area is 180 Å². The number of benzene rings is 1. The number of fused-ring (bicyclic) bond motifs is 1. The molecule has 0 spiro atoms. The molecule has 1 aromatic carbocycles. The number of carboxylic acids is 1. The molecule has 31 heavy (non-hydrogen) atoms. The van der Waals surface area contributed by atoms with Crippen molar-refractivity contribution in [1.29, 1.82) is 0 Å². The third-order valence-electron chi connectivity index (χ3n) is 4.58. The molecule has 0 bridgehead atoms. The number of thioether (sulfide) groups is 1. The van der Waals surface area contributed by atoms with Crippen LogP contribution in [0, 0.1) is 12.7 Å². The van der Waals surface area contributed by atoms with Crippen LogP contribution >= 0.6 is 23.1 Å². The predicted molar refractivity (Wildman–Crippen MR) is 105 cm³/mol. The summed E-state index contributed by atoms with van der Waals surface area (Å²) >= 11 is 0.141. The van der Waals surface area contributed by atoms with Gasteiger partial charge in [0.25, 0.3) is 0 Å². The molecule has 0 radical (unpaired) electrons. The van der Waals surface area contributed by atoms with Crippen molar-refractivity contribution in [2.45, 2.75) is 35.5 Å². The van der Waals surface area contributed by atoms with Gasteiger partial charge in [-0.1, -0.05) is 0 Å². The Morgan fingerprint density at radius 3 is 2.48 bits per heavy atom. The number of aliphatic carboxylic acids is 1. The van der Waals surface area contributed by atoms with Crippen LogP contribution in [0.2, 0.25) is 0 Å². The largest absolute Gasteiger partial charge is 0.494 e. The topological polar surface area (TPSA) is 51.5 Å². The monoisotopic (exact) mass is 483 g/mol. The van der Waals surface area contributed by atoms with E-state index in [4.69, 9.17) is 4.74 Å². The second kappa shape index (κ2) is 8.30. The van der Waals surface area contributed by atoms with Crippen molar-refractivity contribution < 1.29 is 41.0 Å². The van der Waals surface area contributed by atoms with Crippen molar-refractivity contribution in [3.05, 3.63) is 46.2 Å². The number of carbonyl (C=O) groups is 1. The van der Waals surface area contributed by atoms with Gasteiger partial charge in [0.1, 0.15) is 0 Å². The van der Waals surface area contributed by atoms with Crippen molar-refractivity contribution in [3.8, 4) is 5.75 Å². The van der Waals surface area contributed by atoms with Crippen LogP contribution in [-0.4, -0.2) is 34.2 Å². The van der Waals surface area contributed by atoms with Gasteiger partial charge < -0.3 is 14.4 Å². The van der Waals surface area contributed by atoms with Gasteiger partial charge in [-0.3, -0.25) is 4.79 Å². The number of hydrogen-bond donors (Lipinski definition) is 1. The molecular formula is C19H15F6NO3S2. The molecule has 2 aromatic heterocycles. The molecule has 2 heterocycles. The summed E-state index contributed by atoms with van der Waals surface area (Å²) in [6.07, 6.45) is -6.02. The van der Waals surface area contributed by atoms with Crippen molar-refractivity contribution in [2.75, 3.05) is 7.11 Å². The molecule has 3 rings (SSSR count). The number of thiophene rings is 1. The molecule has 4 nitrogen and oxygen atoms in total. The fraction of sp³-hybridized carbons (Fsp3) is 0.316. The minimum absolute atomic E-state index is 0.0301. The molecule has 1 N–H and O–H groups in total. The number of hydrogen-bond acceptors (Lipinski definition) is 4. The van der Waals surface area contributed by atoms with Gasteiger partial charge in [0.05, 0.1) is 23.3 Å². The average molecular weight is 483 g/mol. The summed E-state index contributed by atoms with van der Waals surface area (Å²) < 4.78 is 84.5. The first kappa shape index (κ1) is 23.3. The number of rotatable bonds is 7. The number of alkyl halides is 5. The number of nitrogens with zero attached hydrogens (tertiary/aromatic N) is 1. The Hall–Kier alpha value is -2.34. The molecule has 0 aliphatic rings. The molecule has 3 aromatic rings. The van der Waals surface area contributed by atoms with E-state index in [1.165, 1.54) is 30.7 Å². The molecular weight excluding hydrogens is 468 g/mol. The van der Waals surface area contributed by atoms with Crippen LogP contribution in [0.25, 0.3) is 10.9 Å². The van der Waals surface area contributed by atoms with E-state index in [9.17, 15) is 36.2 Å². The second-order valence-electron chi connectivity index (χ2n) is 6.62. The van der Waals surface area contributed by atoms with E-state index in [0.29, 0.717) is 27.7 Å². The Morgan fingerprint density at radius 1 is 1.23 bits per heavy atom. The molecule has 12 heteroatoms. The maximum absolute atomic E-state index is 14.3. The molecule has 168 valence electrons. The van der Waals surface area contributed by atoms with E-state index >= 15 is 0 Å². The molecule has 0 amide bonds. The molecule has 0 saturated heterocycles. The molecule has 0 atom stereocenters. The number of carboxylic acid groups (broad SMARTS) is 1. The first-order valence-corrected chi connectivity index (χ1v) is 10.3. The third kappa shape index (κ3) is 4.64. The zero-order valence-electron chi connectivity index (χ0n) is 16.0. The fourth-order valence-corrected chi connectivity index (χ4v) is 5.00. The van der Waals surface area contributed by atoms with Gasteiger partial charge in [0.2, 0.25) is 0 Å². The van der Waals surface area contributed by atoms with Gasteiger partial charge in [0, 0.05) is 23.7 Å². The van der Waals surface area contributed by atoms with Gasteiger partial charge in [-0.15, -0.1) is 11.3 Å². The lowest BCUT2D eigenvalue weighted by atomic mass is 10.1. The van der Waals surface area contributed by atoms with Crippen molar-refractivity contribution >= 4 is 40.0 Å². The van der Waals surface area contributed by atoms with Crippen molar-refractivity contribution in [3.63, 3.8) is 0 Å². The van der Waals surface area contributed by atoms with Gasteiger partial charge in [-0.05, 0) is 47.3 Å². The van der Waals surface area contributed by atoms with Crippen molar-refractivity contribution in [2.24, 2.45) is 0 Å². The highest BCUT2D eigenvalue weighted by Gasteiger charge is 2.58. The average Bonchev–Trinajstić information content (AvgIpc) is 3.17. The SMILES string of the molecule is COc1cc2c(CC(=O)O)c(C)n(Cc3csc(SC(F)(F)C(F)(F)F)c3)c2cc1F. The van der Waals surface area contributed by atoms with E-state index in [1.54, 1.807) is 11.5 Å². The Kier molecular flexibility index (Phi) is 6.25. The summed E-state index contributed by atoms with van der Waals surface area (Å²) in [4.78, 5) is 11.3. The number of halogens is 6. The minimum atomic E-state index is -5.68. The smallest absolute Gasteiger partial charge is 0.464 e. The van der Waals surface area contributed by atoms with E-state index in [1.807, 2.05) is 0 Å². The van der Waals surface area contributed by atoms with Gasteiger partial charge in [0.15, 0.2) is 11.6 Å². The fourth-order valence-electron chi connectivity index (χ4n) is 3.14. The van der Waals surface area contributed by atoms with E-state index in [2.05, 4.69) is 0 Å². The minimum Gasteiger partial charge on any atom is -0.494 e. The number of methoxy groups -OCH3 is 1. The summed E-state index contributed by atoms with van der Waals surface area (Å²) in [6, 6.07) is 3.76. The van der Waals surface area contributed by atoms with Crippen LogP contribution in [-0.2, 0) is 17.8 Å². The molecule has 0 unspecified atom stereocenters. The summed E-state index contributed by atoms with van der Waals surface area (Å²) in [5, 5.41) is 6.18. The summed E-state index contributed by atoms with van der Waals surface area (Å²) in [5.74, 6) is -1.85. The van der Waals surface area contributed by atoms with Crippen LogP contribution in [0.15, 0.2) is 27.8 Å². The lowest BCUT2D eigenvalue weighted by Gasteiger charge is -2.17. The van der Waals surface area contributed by atoms with Crippen LogP contribution < -0.4 is 4.74 Å². The standard InChI is InChI=1S/C19H15F6NO3S2/c1-9-11(5-16(27)28)12-4-15(29-2)13(20)6-14(12)26(9)7-10-3-17(30-8-10)31-19(24,25)18(21,22)23/h3-4,6,8H,5,7H2,1-2H3,(H,27,28). The zero-order chi connectivity index (χ0) is 23.1. The molecule has 0 aliphatic heterocycles. The van der Waals surface area contributed by atoms with Crippen molar-refractivity contribution in [1.82, 2.24) is 4.57 Å². The third-order valence-corrected chi connectivity index (χ3v) is 6.70. The second-order valence-corrected chi connectivity index (χ2v) is 8.94. The van der Waals surface area contributed by atoms with E-state index in [0.717, 1.165) is 11.3 Å². The van der Waals surface area contributed by atoms with E-state index in [-0.39, 0.29) is 22.9 Å². The molecule has 0 aliphatic carbocycles. The van der Waals surface area contributed by atoms with Crippen LogP contribution in [0.5, 0.6) is 5.75 Å². The van der Waals surface area contributed by atoms with Gasteiger partial charge in [-0.2, -0.15) is 22.0 Å². The lowest BCUT2D eigenvalue weighted by Crippen LogP contribution is -2.32. The highest BCUT2D eigenvalue weighted by molar-refractivity contribution is 8.02. The normalized spacial score (nSPS) is 12.5. The number of aromatic nitrogens is 1. The maximum Gasteiger partial charge on any atom is 0.464 e. The van der Waals surface area contributed by atoms with Gasteiger partial charge >= 0.3 is 17.4 Å². The first-order valence-electron chi connectivity index (χ1n) is 8.62. The maximum atomic E-state index is 14.3. The van der Waals surface area contributed by atoms with E-state index < -0.39 is 35.0 Å². The van der Waals surface area contributed by atoms with Crippen LogP contribution in [0.4, 0.5) is 26.3 Å². The molecule has 0 fully saturated rings. The predicted octanol–water partition coefficient (Wildman–Crippen LogP) is 6.08. The Balaban J connectivity index is 2.00. The summed E-state index contributed by atoms with van der Waals surface area (Å²) in [5.41, 5.74) is 1.71. The molecule has 0 saturated carbocycles. The first-order chi connectivity index (χ1) is 14.3. The van der Waals surface area contributed by atoms with Crippen LogP contribution in [0.1, 0.15) is 16.8 Å². The number of ether oxygens (including phenoxy) is 1. The quantitative estimate of drug-likeness (QED) is 0.327. The Morgan fingerprint density at radius 2 is 1.90 bits per heavy atom. The Bertz CT molecular complexity index is 1140. The summed E-state index contributed by atoms with van der Waals surface area (Å²) in [7, 11) is 1.27. The zero-order valence-corrected chi connectivity index (χ0v) is 17.7. The summed E-state index contributed by atoms with van der Waals surface area (Å²) in [6.45, 7) is 1.66. The van der Waals surface area contributed by atoms with Crippen LogP contribution in [0.3, 0.4) is 0 Å². The highest BCUT2D eigenvalue weighted by Crippen LogP contribution is 2.49.